The highest BCUT2D eigenvalue weighted by molar-refractivity contribution is 7.98. The SMILES string of the molecule is CSc1ccc(Oc2nc(C3CC3)nc(N)c2C)cc1. The summed E-state index contributed by atoms with van der Waals surface area (Å²) in [4.78, 5) is 10.1. The van der Waals surface area contributed by atoms with Crippen LogP contribution in [0.2, 0.25) is 0 Å². The van der Waals surface area contributed by atoms with E-state index in [1.807, 2.05) is 37.4 Å². The van der Waals surface area contributed by atoms with Gasteiger partial charge < -0.3 is 10.5 Å². The van der Waals surface area contributed by atoms with Gasteiger partial charge >= 0.3 is 0 Å². The summed E-state index contributed by atoms with van der Waals surface area (Å²) in [7, 11) is 0. The van der Waals surface area contributed by atoms with Crippen LogP contribution in [0.5, 0.6) is 11.6 Å². The van der Waals surface area contributed by atoms with Crippen molar-refractivity contribution in [2.45, 2.75) is 30.6 Å². The maximum Gasteiger partial charge on any atom is 0.227 e. The highest BCUT2D eigenvalue weighted by atomic mass is 32.2. The molecular weight excluding hydrogens is 270 g/mol. The van der Waals surface area contributed by atoms with Crippen LogP contribution in [-0.4, -0.2) is 16.2 Å². The van der Waals surface area contributed by atoms with Crippen molar-refractivity contribution in [3.05, 3.63) is 35.7 Å². The number of thioether (sulfide) groups is 1. The number of ether oxygens (including phenoxy) is 1. The second kappa shape index (κ2) is 5.32. The Morgan fingerprint density at radius 2 is 1.90 bits per heavy atom. The Kier molecular flexibility index (Phi) is 3.53. The molecule has 1 saturated carbocycles. The first-order chi connectivity index (χ1) is 9.67. The molecule has 1 aromatic carbocycles. The molecule has 0 aliphatic heterocycles. The standard InChI is InChI=1S/C15H17N3OS/c1-9-13(16)17-14(10-3-4-10)18-15(9)19-11-5-7-12(20-2)8-6-11/h5-8,10H,3-4H2,1-2H3,(H2,16,17,18). The van der Waals surface area contributed by atoms with E-state index < -0.39 is 0 Å². The molecule has 1 aliphatic carbocycles. The van der Waals surface area contributed by atoms with Gasteiger partial charge in [0.2, 0.25) is 5.88 Å². The second-order valence-corrected chi connectivity index (χ2v) is 5.83. The van der Waals surface area contributed by atoms with E-state index in [4.69, 9.17) is 10.5 Å². The summed E-state index contributed by atoms with van der Waals surface area (Å²) < 4.78 is 5.87. The molecule has 5 heteroatoms. The lowest BCUT2D eigenvalue weighted by Crippen LogP contribution is -2.04. The van der Waals surface area contributed by atoms with E-state index >= 15 is 0 Å². The molecule has 0 unspecified atom stereocenters. The average molecular weight is 287 g/mol. The first-order valence-corrected chi connectivity index (χ1v) is 7.86. The maximum absolute atomic E-state index is 5.95. The van der Waals surface area contributed by atoms with Gasteiger partial charge in [-0.25, -0.2) is 4.98 Å². The average Bonchev–Trinajstić information content (AvgIpc) is 3.29. The Bertz CT molecular complexity index is 624. The summed E-state index contributed by atoms with van der Waals surface area (Å²) in [5.74, 6) is 3.11. The highest BCUT2D eigenvalue weighted by Gasteiger charge is 2.28. The number of nitrogens with two attached hydrogens (primary N) is 1. The fraction of sp³-hybridized carbons (Fsp3) is 0.333. The van der Waals surface area contributed by atoms with Gasteiger partial charge in [-0.3, -0.25) is 0 Å². The largest absolute Gasteiger partial charge is 0.439 e. The summed E-state index contributed by atoms with van der Waals surface area (Å²) in [6, 6.07) is 7.95. The Labute approximate surface area is 122 Å². The van der Waals surface area contributed by atoms with Crippen LogP contribution in [0.1, 0.15) is 30.1 Å². The van der Waals surface area contributed by atoms with Crippen LogP contribution in [0.25, 0.3) is 0 Å². The van der Waals surface area contributed by atoms with Gasteiger partial charge in [-0.15, -0.1) is 11.8 Å². The number of benzene rings is 1. The highest BCUT2D eigenvalue weighted by Crippen LogP contribution is 2.40. The molecule has 20 heavy (non-hydrogen) atoms. The number of rotatable bonds is 4. The molecule has 1 aromatic heterocycles. The molecule has 0 radical (unpaired) electrons. The van der Waals surface area contributed by atoms with Gasteiger partial charge in [-0.1, -0.05) is 0 Å². The summed E-state index contributed by atoms with van der Waals surface area (Å²) in [5, 5.41) is 0. The molecule has 2 N–H and O–H groups in total. The van der Waals surface area contributed by atoms with Crippen LogP contribution >= 0.6 is 11.8 Å². The van der Waals surface area contributed by atoms with E-state index in [0.717, 1.165) is 30.0 Å². The summed E-state index contributed by atoms with van der Waals surface area (Å²) >= 11 is 1.70. The molecule has 0 atom stereocenters. The third kappa shape index (κ3) is 2.72. The van der Waals surface area contributed by atoms with E-state index in [2.05, 4.69) is 9.97 Å². The van der Waals surface area contributed by atoms with Gasteiger partial charge in [0.25, 0.3) is 0 Å². The zero-order valence-corrected chi connectivity index (χ0v) is 12.4. The van der Waals surface area contributed by atoms with Crippen molar-refractivity contribution in [3.8, 4) is 11.6 Å². The minimum absolute atomic E-state index is 0.458. The zero-order valence-electron chi connectivity index (χ0n) is 11.6. The van der Waals surface area contributed by atoms with Gasteiger partial charge in [-0.05, 0) is 50.3 Å². The van der Waals surface area contributed by atoms with Crippen LogP contribution in [0.15, 0.2) is 29.2 Å². The molecule has 1 heterocycles. The van der Waals surface area contributed by atoms with E-state index in [9.17, 15) is 0 Å². The molecule has 0 bridgehead atoms. The van der Waals surface area contributed by atoms with Crippen LogP contribution in [0.4, 0.5) is 5.82 Å². The van der Waals surface area contributed by atoms with Crippen LogP contribution in [0.3, 0.4) is 0 Å². The quantitative estimate of drug-likeness (QED) is 0.868. The number of hydrogen-bond acceptors (Lipinski definition) is 5. The summed E-state index contributed by atoms with van der Waals surface area (Å²) in [6.07, 6.45) is 4.34. The van der Waals surface area contributed by atoms with Crippen molar-refractivity contribution in [2.24, 2.45) is 0 Å². The molecule has 0 spiro atoms. The topological polar surface area (TPSA) is 61.0 Å². The van der Waals surface area contributed by atoms with Crippen molar-refractivity contribution in [2.75, 3.05) is 12.0 Å². The molecule has 0 saturated heterocycles. The summed E-state index contributed by atoms with van der Waals surface area (Å²) in [6.45, 7) is 1.89. The Morgan fingerprint density at radius 3 is 2.50 bits per heavy atom. The minimum atomic E-state index is 0.458. The van der Waals surface area contributed by atoms with E-state index in [-0.39, 0.29) is 0 Å². The van der Waals surface area contributed by atoms with Gasteiger partial charge in [0.1, 0.15) is 17.4 Å². The fourth-order valence-electron chi connectivity index (χ4n) is 1.91. The van der Waals surface area contributed by atoms with Crippen molar-refractivity contribution in [3.63, 3.8) is 0 Å². The molecular formula is C15H17N3OS. The minimum Gasteiger partial charge on any atom is -0.439 e. The van der Waals surface area contributed by atoms with Crippen LogP contribution < -0.4 is 10.5 Å². The van der Waals surface area contributed by atoms with Gasteiger partial charge in [-0.2, -0.15) is 4.98 Å². The molecule has 104 valence electrons. The number of aromatic nitrogens is 2. The van der Waals surface area contributed by atoms with E-state index in [1.54, 1.807) is 11.8 Å². The van der Waals surface area contributed by atoms with E-state index in [0.29, 0.717) is 17.6 Å². The molecule has 4 nitrogen and oxygen atoms in total. The number of nitrogens with zero attached hydrogens (tertiary/aromatic N) is 2. The van der Waals surface area contributed by atoms with Gasteiger partial charge in [0.15, 0.2) is 0 Å². The lowest BCUT2D eigenvalue weighted by molar-refractivity contribution is 0.454. The summed E-state index contributed by atoms with van der Waals surface area (Å²) in [5.41, 5.74) is 6.75. The van der Waals surface area contributed by atoms with E-state index in [1.165, 1.54) is 4.90 Å². The van der Waals surface area contributed by atoms with Crippen molar-refractivity contribution in [1.29, 1.82) is 0 Å². The predicted molar refractivity (Wildman–Crippen MR) is 81.5 cm³/mol. The second-order valence-electron chi connectivity index (χ2n) is 4.95. The van der Waals surface area contributed by atoms with Crippen molar-refractivity contribution in [1.82, 2.24) is 9.97 Å². The zero-order chi connectivity index (χ0) is 14.1. The maximum atomic E-state index is 5.95. The Morgan fingerprint density at radius 1 is 1.20 bits per heavy atom. The smallest absolute Gasteiger partial charge is 0.227 e. The van der Waals surface area contributed by atoms with Crippen LogP contribution in [0, 0.1) is 6.92 Å². The fourth-order valence-corrected chi connectivity index (χ4v) is 2.32. The Balaban J connectivity index is 1.88. The monoisotopic (exact) mass is 287 g/mol. The number of hydrogen-bond donors (Lipinski definition) is 1. The lowest BCUT2D eigenvalue weighted by atomic mass is 10.3. The predicted octanol–water partition coefficient (Wildman–Crippen LogP) is 3.76. The van der Waals surface area contributed by atoms with Crippen molar-refractivity contribution < 1.29 is 4.74 Å². The molecule has 2 aromatic rings. The molecule has 0 amide bonds. The number of nitrogen functional groups attached to an aromatic ring is 1. The first kappa shape index (κ1) is 13.2. The lowest BCUT2D eigenvalue weighted by Gasteiger charge is -2.11. The van der Waals surface area contributed by atoms with Crippen LogP contribution in [-0.2, 0) is 0 Å². The molecule has 1 aliphatic rings. The van der Waals surface area contributed by atoms with Gasteiger partial charge in [0, 0.05) is 10.8 Å². The normalized spacial score (nSPS) is 14.3. The Hall–Kier alpha value is -1.75. The molecule has 1 fully saturated rings. The third-order valence-electron chi connectivity index (χ3n) is 3.37. The number of anilines is 1. The van der Waals surface area contributed by atoms with Crippen molar-refractivity contribution >= 4 is 17.6 Å². The third-order valence-corrected chi connectivity index (χ3v) is 4.12. The van der Waals surface area contributed by atoms with Gasteiger partial charge in [0.05, 0.1) is 5.56 Å². The molecule has 3 rings (SSSR count). The first-order valence-electron chi connectivity index (χ1n) is 6.63.